The summed E-state index contributed by atoms with van der Waals surface area (Å²) in [6.07, 6.45) is 2.53. The summed E-state index contributed by atoms with van der Waals surface area (Å²) in [7, 11) is 3.90. The van der Waals surface area contributed by atoms with Crippen LogP contribution in [-0.4, -0.2) is 49.8 Å². The van der Waals surface area contributed by atoms with Gasteiger partial charge in [0.2, 0.25) is 0 Å². The van der Waals surface area contributed by atoms with Gasteiger partial charge in [0.05, 0.1) is 25.5 Å². The van der Waals surface area contributed by atoms with Gasteiger partial charge in [-0.05, 0) is 32.6 Å². The standard InChI is InChI=1S/C12H19N3O3/c1-14(2)10(11-5-3-7-17-11)9-13-12(16)15-6-4-8-18-15/h3,5,7,10H,4,6,8-9H2,1-2H3,(H,13,16). The van der Waals surface area contributed by atoms with Crippen LogP contribution in [0.3, 0.4) is 0 Å². The van der Waals surface area contributed by atoms with Crippen molar-refractivity contribution in [1.29, 1.82) is 0 Å². The van der Waals surface area contributed by atoms with E-state index in [-0.39, 0.29) is 12.1 Å². The largest absolute Gasteiger partial charge is 0.468 e. The van der Waals surface area contributed by atoms with E-state index in [1.54, 1.807) is 6.26 Å². The average Bonchev–Trinajstić information content (AvgIpc) is 3.01. The molecule has 1 atom stereocenters. The highest BCUT2D eigenvalue weighted by molar-refractivity contribution is 5.73. The summed E-state index contributed by atoms with van der Waals surface area (Å²) in [4.78, 5) is 19.0. The molecule has 0 saturated carbocycles. The van der Waals surface area contributed by atoms with Crippen molar-refractivity contribution in [3.05, 3.63) is 24.2 Å². The van der Waals surface area contributed by atoms with E-state index in [1.165, 1.54) is 5.06 Å². The minimum atomic E-state index is -0.189. The smallest absolute Gasteiger partial charge is 0.341 e. The van der Waals surface area contributed by atoms with Gasteiger partial charge in [-0.2, -0.15) is 0 Å². The summed E-state index contributed by atoms with van der Waals surface area (Å²) in [5.74, 6) is 0.836. The van der Waals surface area contributed by atoms with Gasteiger partial charge in [0.15, 0.2) is 0 Å². The van der Waals surface area contributed by atoms with Gasteiger partial charge in [-0.25, -0.2) is 9.86 Å². The van der Waals surface area contributed by atoms with Crippen LogP contribution in [0, 0.1) is 0 Å². The molecule has 1 aliphatic heterocycles. The van der Waals surface area contributed by atoms with E-state index in [0.29, 0.717) is 19.7 Å². The van der Waals surface area contributed by atoms with Gasteiger partial charge in [0.1, 0.15) is 5.76 Å². The summed E-state index contributed by atoms with van der Waals surface area (Å²) in [5.41, 5.74) is 0. The number of rotatable bonds is 4. The zero-order chi connectivity index (χ0) is 13.0. The van der Waals surface area contributed by atoms with Gasteiger partial charge < -0.3 is 9.73 Å². The van der Waals surface area contributed by atoms with Crippen molar-refractivity contribution in [2.24, 2.45) is 0 Å². The normalized spacial score (nSPS) is 17.2. The quantitative estimate of drug-likeness (QED) is 0.876. The molecule has 100 valence electrons. The lowest BCUT2D eigenvalue weighted by atomic mass is 10.2. The Balaban J connectivity index is 1.88. The number of hydrogen-bond donors (Lipinski definition) is 1. The molecule has 1 N–H and O–H groups in total. The molecule has 1 fully saturated rings. The van der Waals surface area contributed by atoms with E-state index in [4.69, 9.17) is 9.25 Å². The number of nitrogens with one attached hydrogen (secondary N) is 1. The zero-order valence-electron chi connectivity index (χ0n) is 10.8. The maximum Gasteiger partial charge on any atom is 0.341 e. The first kappa shape index (κ1) is 12.9. The molecule has 0 aliphatic carbocycles. The summed E-state index contributed by atoms with van der Waals surface area (Å²) in [6.45, 7) is 1.75. The van der Waals surface area contributed by atoms with Crippen molar-refractivity contribution in [3.63, 3.8) is 0 Å². The van der Waals surface area contributed by atoms with Crippen molar-refractivity contribution in [2.75, 3.05) is 33.8 Å². The van der Waals surface area contributed by atoms with E-state index < -0.39 is 0 Å². The first-order chi connectivity index (χ1) is 8.68. The van der Waals surface area contributed by atoms with E-state index in [0.717, 1.165) is 12.2 Å². The molecular formula is C12H19N3O3. The molecule has 0 bridgehead atoms. The van der Waals surface area contributed by atoms with Crippen LogP contribution >= 0.6 is 0 Å². The fourth-order valence-electron chi connectivity index (χ4n) is 1.90. The Morgan fingerprint density at radius 2 is 2.44 bits per heavy atom. The number of amides is 2. The molecule has 0 spiro atoms. The Morgan fingerprint density at radius 1 is 1.61 bits per heavy atom. The van der Waals surface area contributed by atoms with Crippen LogP contribution in [0.25, 0.3) is 0 Å². The molecule has 2 rings (SSSR count). The maximum absolute atomic E-state index is 11.8. The third-order valence-electron chi connectivity index (χ3n) is 2.92. The van der Waals surface area contributed by atoms with Crippen LogP contribution in [0.15, 0.2) is 22.8 Å². The Morgan fingerprint density at radius 3 is 3.00 bits per heavy atom. The number of hydroxylamine groups is 2. The SMILES string of the molecule is CN(C)C(CNC(=O)N1CCCO1)c1ccco1. The Hall–Kier alpha value is -1.53. The van der Waals surface area contributed by atoms with Crippen LogP contribution in [-0.2, 0) is 4.84 Å². The second kappa shape index (κ2) is 5.88. The fraction of sp³-hybridized carbons (Fsp3) is 0.583. The van der Waals surface area contributed by atoms with Crippen LogP contribution in [0.4, 0.5) is 4.79 Å². The third kappa shape index (κ3) is 3.02. The molecule has 1 saturated heterocycles. The Labute approximate surface area is 106 Å². The summed E-state index contributed by atoms with van der Waals surface area (Å²) in [6, 6.07) is 3.58. The molecule has 18 heavy (non-hydrogen) atoms. The van der Waals surface area contributed by atoms with Crippen LogP contribution in [0.5, 0.6) is 0 Å². The van der Waals surface area contributed by atoms with E-state index in [1.807, 2.05) is 31.1 Å². The molecule has 1 aromatic rings. The Kier molecular flexibility index (Phi) is 4.22. The van der Waals surface area contributed by atoms with Crippen molar-refractivity contribution in [1.82, 2.24) is 15.3 Å². The van der Waals surface area contributed by atoms with Gasteiger partial charge in [0.25, 0.3) is 0 Å². The minimum absolute atomic E-state index is 0.0200. The van der Waals surface area contributed by atoms with Crippen molar-refractivity contribution in [2.45, 2.75) is 12.5 Å². The maximum atomic E-state index is 11.8. The van der Waals surface area contributed by atoms with Crippen LogP contribution in [0.2, 0.25) is 0 Å². The fourth-order valence-corrected chi connectivity index (χ4v) is 1.90. The molecule has 2 amide bonds. The number of urea groups is 1. The topological polar surface area (TPSA) is 58.0 Å². The van der Waals surface area contributed by atoms with E-state index in [9.17, 15) is 4.79 Å². The predicted molar refractivity (Wildman–Crippen MR) is 65.8 cm³/mol. The van der Waals surface area contributed by atoms with Gasteiger partial charge in [-0.15, -0.1) is 0 Å². The molecule has 0 radical (unpaired) electrons. The number of carbonyl (C=O) groups excluding carboxylic acids is 1. The highest BCUT2D eigenvalue weighted by atomic mass is 16.7. The molecule has 1 unspecified atom stereocenters. The third-order valence-corrected chi connectivity index (χ3v) is 2.92. The highest BCUT2D eigenvalue weighted by Crippen LogP contribution is 2.17. The number of nitrogens with zero attached hydrogens (tertiary/aromatic N) is 2. The Bertz CT molecular complexity index is 372. The monoisotopic (exact) mass is 253 g/mol. The highest BCUT2D eigenvalue weighted by Gasteiger charge is 2.22. The lowest BCUT2D eigenvalue weighted by Crippen LogP contribution is -2.41. The molecule has 1 aliphatic rings. The summed E-state index contributed by atoms with van der Waals surface area (Å²) < 4.78 is 5.38. The predicted octanol–water partition coefficient (Wildman–Crippen LogP) is 1.23. The van der Waals surface area contributed by atoms with Crippen LogP contribution < -0.4 is 5.32 Å². The second-order valence-electron chi connectivity index (χ2n) is 4.47. The molecule has 0 aromatic carbocycles. The average molecular weight is 253 g/mol. The van der Waals surface area contributed by atoms with Gasteiger partial charge in [0, 0.05) is 6.54 Å². The van der Waals surface area contributed by atoms with Crippen molar-refractivity contribution in [3.8, 4) is 0 Å². The number of furan rings is 1. The van der Waals surface area contributed by atoms with Crippen molar-refractivity contribution < 1.29 is 14.0 Å². The summed E-state index contributed by atoms with van der Waals surface area (Å²) in [5, 5.41) is 4.22. The number of likely N-dealkylation sites (N-methyl/N-ethyl adjacent to an activating group) is 1. The molecule has 6 heteroatoms. The molecule has 2 heterocycles. The van der Waals surface area contributed by atoms with Crippen molar-refractivity contribution >= 4 is 6.03 Å². The first-order valence-corrected chi connectivity index (χ1v) is 6.06. The van der Waals surface area contributed by atoms with Gasteiger partial charge >= 0.3 is 6.03 Å². The number of carbonyl (C=O) groups is 1. The van der Waals surface area contributed by atoms with E-state index in [2.05, 4.69) is 5.32 Å². The van der Waals surface area contributed by atoms with Gasteiger partial charge in [-0.1, -0.05) is 0 Å². The summed E-state index contributed by atoms with van der Waals surface area (Å²) >= 11 is 0. The van der Waals surface area contributed by atoms with Gasteiger partial charge in [-0.3, -0.25) is 9.74 Å². The minimum Gasteiger partial charge on any atom is -0.468 e. The molecule has 6 nitrogen and oxygen atoms in total. The molecular weight excluding hydrogens is 234 g/mol. The van der Waals surface area contributed by atoms with E-state index >= 15 is 0 Å². The number of hydrogen-bond acceptors (Lipinski definition) is 4. The lowest BCUT2D eigenvalue weighted by molar-refractivity contribution is -0.0665. The second-order valence-corrected chi connectivity index (χ2v) is 4.47. The lowest BCUT2D eigenvalue weighted by Gasteiger charge is -2.23. The first-order valence-electron chi connectivity index (χ1n) is 6.06. The van der Waals surface area contributed by atoms with Crippen LogP contribution in [0.1, 0.15) is 18.2 Å². The molecule has 1 aromatic heterocycles. The zero-order valence-corrected chi connectivity index (χ0v) is 10.8.